The average molecular weight is 629 g/mol. The number of aryl methyl sites for hydroxylation is 2. The lowest BCUT2D eigenvalue weighted by Crippen LogP contribution is -1.95. The molecule has 0 radical (unpaired) electrons. The first-order chi connectivity index (χ1) is 23.4. The third kappa shape index (κ3) is 6.37. The van der Waals surface area contributed by atoms with Gasteiger partial charge >= 0.3 is 0 Å². The number of nitrogens with zero attached hydrogens (tertiary/aromatic N) is 6. The smallest absolute Gasteiger partial charge is 0.133 e. The number of pyridine rings is 4. The maximum atomic E-state index is 11.3. The van der Waals surface area contributed by atoms with Gasteiger partial charge in [0.1, 0.15) is 11.5 Å². The fourth-order valence-corrected chi connectivity index (χ4v) is 5.73. The van der Waals surface area contributed by atoms with E-state index in [1.54, 1.807) is 24.8 Å². The Balaban J connectivity index is 1.26. The van der Waals surface area contributed by atoms with Crippen molar-refractivity contribution < 1.29 is 10.2 Å². The molecule has 0 spiro atoms. The van der Waals surface area contributed by atoms with Crippen LogP contribution >= 0.6 is 0 Å². The van der Waals surface area contributed by atoms with Crippen LogP contribution in [0.3, 0.4) is 0 Å². The molecule has 0 aliphatic heterocycles. The van der Waals surface area contributed by atoms with Crippen LogP contribution in [0.2, 0.25) is 0 Å². The van der Waals surface area contributed by atoms with Crippen LogP contribution in [0.25, 0.3) is 44.3 Å². The predicted molar refractivity (Wildman–Crippen MR) is 192 cm³/mol. The minimum atomic E-state index is 0.105. The van der Waals surface area contributed by atoms with Crippen LogP contribution in [0.4, 0.5) is 0 Å². The Morgan fingerprint density at radius 3 is 1.42 bits per heavy atom. The van der Waals surface area contributed by atoms with Gasteiger partial charge in [-0.3, -0.25) is 20.0 Å². The van der Waals surface area contributed by atoms with Gasteiger partial charge in [-0.05, 0) is 85.6 Å². The Morgan fingerprint density at radius 1 is 0.562 bits per heavy atom. The number of rotatable bonds is 8. The third-order valence-electron chi connectivity index (χ3n) is 8.06. The maximum absolute atomic E-state index is 11.3. The normalized spacial score (nSPS) is 11.7. The number of fused-ring (bicyclic) bond motifs is 3. The summed E-state index contributed by atoms with van der Waals surface area (Å²) in [4.78, 5) is 27.7. The topological polar surface area (TPSA) is 117 Å². The van der Waals surface area contributed by atoms with E-state index >= 15 is 0 Å². The zero-order valence-electron chi connectivity index (χ0n) is 26.5. The largest absolute Gasteiger partial charge is 0.507 e. The van der Waals surface area contributed by atoms with Crippen molar-refractivity contribution in [3.05, 3.63) is 143 Å². The molecule has 48 heavy (non-hydrogen) atoms. The number of aromatic nitrogens is 4. The molecule has 0 atom stereocenters. The monoisotopic (exact) mass is 628 g/mol. The molecule has 4 heterocycles. The Bertz CT molecular complexity index is 2170. The first-order valence-corrected chi connectivity index (χ1v) is 15.6. The van der Waals surface area contributed by atoms with Gasteiger partial charge < -0.3 is 10.2 Å². The molecule has 2 N–H and O–H groups in total. The van der Waals surface area contributed by atoms with E-state index in [1.807, 2.05) is 111 Å². The molecule has 234 valence electrons. The van der Waals surface area contributed by atoms with Crippen molar-refractivity contribution >= 4 is 34.2 Å². The Hall–Kier alpha value is -6.28. The highest BCUT2D eigenvalue weighted by Crippen LogP contribution is 2.36. The summed E-state index contributed by atoms with van der Waals surface area (Å²) in [5, 5.41) is 24.5. The molecule has 0 bridgehead atoms. The number of hydrogen-bond donors (Lipinski definition) is 2. The number of benzene rings is 3. The van der Waals surface area contributed by atoms with Gasteiger partial charge in [-0.15, -0.1) is 0 Å². The molecule has 0 unspecified atom stereocenters. The fourth-order valence-electron chi connectivity index (χ4n) is 5.73. The summed E-state index contributed by atoms with van der Waals surface area (Å²) in [6.07, 6.45) is 6.83. The van der Waals surface area contributed by atoms with Crippen molar-refractivity contribution in [3.8, 4) is 34.0 Å². The number of aliphatic imine (C=N–C) groups is 2. The summed E-state index contributed by atoms with van der Waals surface area (Å²) in [7, 11) is 0. The summed E-state index contributed by atoms with van der Waals surface area (Å²) >= 11 is 0. The third-order valence-corrected chi connectivity index (χ3v) is 8.06. The predicted octanol–water partition coefficient (Wildman–Crippen LogP) is 8.17. The van der Waals surface area contributed by atoms with E-state index in [0.29, 0.717) is 57.8 Å². The van der Waals surface area contributed by atoms with E-state index in [-0.39, 0.29) is 11.5 Å². The summed E-state index contributed by atoms with van der Waals surface area (Å²) in [5.74, 6) is 0.209. The molecule has 0 aliphatic rings. The van der Waals surface area contributed by atoms with Crippen molar-refractivity contribution in [2.75, 3.05) is 0 Å². The van der Waals surface area contributed by atoms with Crippen LogP contribution in [-0.2, 0) is 13.1 Å². The molecule has 0 fully saturated rings. The highest BCUT2D eigenvalue weighted by atomic mass is 16.3. The van der Waals surface area contributed by atoms with E-state index in [2.05, 4.69) is 20.0 Å². The first-order valence-electron chi connectivity index (χ1n) is 15.6. The Morgan fingerprint density at radius 2 is 1.00 bits per heavy atom. The second-order valence-electron chi connectivity index (χ2n) is 11.7. The minimum Gasteiger partial charge on any atom is -0.507 e. The van der Waals surface area contributed by atoms with Crippen molar-refractivity contribution in [3.63, 3.8) is 0 Å². The molecule has 0 amide bonds. The SMILES string of the molecule is Cc1cc(C=NCc2ccccn2)c(O)c(-c2ccc3ccc4ccc(-c5cc(C)cc(C=NCc6ccccn6)c5O)nc4c3n2)c1. The summed E-state index contributed by atoms with van der Waals surface area (Å²) in [5.41, 5.74) is 8.69. The molecular formula is C40H32N6O2. The van der Waals surface area contributed by atoms with Gasteiger partial charge in [0.2, 0.25) is 0 Å². The van der Waals surface area contributed by atoms with Crippen molar-refractivity contribution in [1.82, 2.24) is 19.9 Å². The fraction of sp³-hybridized carbons (Fsp3) is 0.100. The second kappa shape index (κ2) is 13.2. The molecule has 7 rings (SSSR count). The van der Waals surface area contributed by atoms with E-state index in [1.165, 1.54) is 0 Å². The van der Waals surface area contributed by atoms with Crippen LogP contribution in [0, 0.1) is 13.8 Å². The lowest BCUT2D eigenvalue weighted by molar-refractivity contribution is 0.475. The summed E-state index contributed by atoms with van der Waals surface area (Å²) in [6.45, 7) is 4.78. The average Bonchev–Trinajstić information content (AvgIpc) is 3.11. The number of phenols is 2. The zero-order chi connectivity index (χ0) is 33.0. The van der Waals surface area contributed by atoms with Gasteiger partial charge in [0.05, 0.1) is 46.9 Å². The minimum absolute atomic E-state index is 0.105. The van der Waals surface area contributed by atoms with Crippen LogP contribution in [0.5, 0.6) is 11.5 Å². The molecule has 7 aromatic rings. The molecule has 0 saturated carbocycles. The van der Waals surface area contributed by atoms with Crippen LogP contribution in [0.1, 0.15) is 33.6 Å². The van der Waals surface area contributed by atoms with Crippen molar-refractivity contribution in [1.29, 1.82) is 0 Å². The standard InChI is InChI=1S/C40H32N6O2/c1-25-17-29(21-41-23-31-7-3-5-15-43-31)39(47)33(19-25)35-13-11-27-9-10-28-12-14-36(46-38(28)37(27)45-35)34-20-26(2)18-30(40(34)48)22-42-24-32-8-4-6-16-44-32/h3-22,47-48H,23-24H2,1-2H3. The van der Waals surface area contributed by atoms with Gasteiger partial charge in [-0.2, -0.15) is 0 Å². The Kier molecular flexibility index (Phi) is 8.36. The van der Waals surface area contributed by atoms with E-state index in [4.69, 9.17) is 9.97 Å². The lowest BCUT2D eigenvalue weighted by Gasteiger charge is -2.12. The molecule has 8 nitrogen and oxygen atoms in total. The lowest BCUT2D eigenvalue weighted by atomic mass is 10.0. The molecule has 0 saturated heterocycles. The zero-order valence-corrected chi connectivity index (χ0v) is 26.5. The van der Waals surface area contributed by atoms with Crippen molar-refractivity contribution in [2.24, 2.45) is 9.98 Å². The van der Waals surface area contributed by atoms with Gasteiger partial charge in [0.25, 0.3) is 0 Å². The highest BCUT2D eigenvalue weighted by molar-refractivity contribution is 6.04. The number of hydrogen-bond acceptors (Lipinski definition) is 8. The van der Waals surface area contributed by atoms with Crippen LogP contribution in [-0.4, -0.2) is 42.6 Å². The summed E-state index contributed by atoms with van der Waals surface area (Å²) < 4.78 is 0. The van der Waals surface area contributed by atoms with Gasteiger partial charge in [-0.1, -0.05) is 36.4 Å². The van der Waals surface area contributed by atoms with Crippen LogP contribution < -0.4 is 0 Å². The molecule has 8 heteroatoms. The van der Waals surface area contributed by atoms with E-state index in [9.17, 15) is 10.2 Å². The van der Waals surface area contributed by atoms with Crippen LogP contribution in [0.15, 0.2) is 119 Å². The molecule has 0 aliphatic carbocycles. The second-order valence-corrected chi connectivity index (χ2v) is 11.7. The maximum Gasteiger partial charge on any atom is 0.133 e. The number of phenolic OH excluding ortho intramolecular Hbond substituents is 2. The summed E-state index contributed by atoms with van der Waals surface area (Å²) in [6, 6.07) is 30.9. The van der Waals surface area contributed by atoms with Gasteiger partial charge in [0.15, 0.2) is 0 Å². The highest BCUT2D eigenvalue weighted by Gasteiger charge is 2.16. The van der Waals surface area contributed by atoms with Gasteiger partial charge in [0, 0.05) is 57.8 Å². The van der Waals surface area contributed by atoms with Gasteiger partial charge in [-0.25, -0.2) is 9.97 Å². The quantitative estimate of drug-likeness (QED) is 0.130. The first kappa shape index (κ1) is 30.4. The van der Waals surface area contributed by atoms with E-state index < -0.39 is 0 Å². The van der Waals surface area contributed by atoms with E-state index in [0.717, 1.165) is 33.3 Å². The molecule has 3 aromatic carbocycles. The molecular weight excluding hydrogens is 596 g/mol. The molecule has 4 aromatic heterocycles. The Labute approximate surface area is 277 Å². The number of aromatic hydroxyl groups is 2. The van der Waals surface area contributed by atoms with Crippen molar-refractivity contribution in [2.45, 2.75) is 26.9 Å².